The number of sulfonamides is 1. The van der Waals surface area contributed by atoms with E-state index in [-0.39, 0.29) is 20.3 Å². The highest BCUT2D eigenvalue weighted by molar-refractivity contribution is 9.10. The Morgan fingerprint density at radius 3 is 2.22 bits per heavy atom. The summed E-state index contributed by atoms with van der Waals surface area (Å²) in [6, 6.07) is 10.9. The molecule has 0 bridgehead atoms. The molecule has 4 rings (SSSR count). The van der Waals surface area contributed by atoms with Crippen molar-refractivity contribution in [2.75, 3.05) is 28.0 Å². The van der Waals surface area contributed by atoms with Gasteiger partial charge in [-0.25, -0.2) is 13.1 Å². The third-order valence-electron chi connectivity index (χ3n) is 5.12. The third kappa shape index (κ3) is 4.71. The van der Waals surface area contributed by atoms with Crippen molar-refractivity contribution in [3.05, 3.63) is 62.9 Å². The first-order valence-corrected chi connectivity index (χ1v) is 14.6. The van der Waals surface area contributed by atoms with Gasteiger partial charge in [0.25, 0.3) is 21.8 Å². The van der Waals surface area contributed by atoms with Gasteiger partial charge >= 0.3 is 10.3 Å². The molecule has 2 aromatic heterocycles. The van der Waals surface area contributed by atoms with Gasteiger partial charge in [-0.2, -0.15) is 12.7 Å². The Labute approximate surface area is 219 Å². The minimum atomic E-state index is -5.17. The number of hydrogen-bond acceptors (Lipinski definition) is 9. The van der Waals surface area contributed by atoms with E-state index in [0.717, 1.165) is 11.8 Å². The van der Waals surface area contributed by atoms with Gasteiger partial charge in [0.15, 0.2) is 0 Å². The van der Waals surface area contributed by atoms with Crippen LogP contribution < -0.4 is 13.9 Å². The molecule has 0 saturated carbocycles. The monoisotopic (exact) mass is 614 g/mol. The van der Waals surface area contributed by atoms with Crippen molar-refractivity contribution in [3.63, 3.8) is 0 Å². The predicted molar refractivity (Wildman–Crippen MR) is 141 cm³/mol. The average Bonchev–Trinajstić information content (AvgIpc) is 3.41. The molecule has 0 atom stereocenters. The van der Waals surface area contributed by atoms with Crippen LogP contribution >= 0.6 is 27.3 Å². The van der Waals surface area contributed by atoms with Crippen LogP contribution in [0.15, 0.2) is 61.7 Å². The van der Waals surface area contributed by atoms with Crippen molar-refractivity contribution in [2.24, 2.45) is 0 Å². The maximum absolute atomic E-state index is 13.6. The van der Waals surface area contributed by atoms with E-state index in [9.17, 15) is 26.2 Å². The van der Waals surface area contributed by atoms with Gasteiger partial charge in [0.1, 0.15) is 14.2 Å². The molecule has 0 saturated heterocycles. The van der Waals surface area contributed by atoms with Gasteiger partial charge in [-0.15, -0.1) is 11.3 Å². The minimum Gasteiger partial charge on any atom is -0.377 e. The van der Waals surface area contributed by atoms with Crippen LogP contribution in [0, 0.1) is 6.92 Å². The van der Waals surface area contributed by atoms with Crippen molar-refractivity contribution in [3.8, 4) is 0 Å². The summed E-state index contributed by atoms with van der Waals surface area (Å²) >= 11 is 3.87. The second kappa shape index (κ2) is 9.48. The fourth-order valence-corrected chi connectivity index (χ4v) is 7.03. The van der Waals surface area contributed by atoms with Crippen molar-refractivity contribution in [2.45, 2.75) is 11.8 Å². The summed E-state index contributed by atoms with van der Waals surface area (Å²) in [5.41, 5.74) is 0.996. The number of benzene rings is 2. The van der Waals surface area contributed by atoms with E-state index in [1.807, 2.05) is 11.0 Å². The van der Waals surface area contributed by atoms with E-state index in [1.165, 1.54) is 17.5 Å². The Bertz CT molecular complexity index is 1700. The molecule has 0 spiro atoms. The lowest BCUT2D eigenvalue weighted by Crippen LogP contribution is -2.37. The van der Waals surface area contributed by atoms with Gasteiger partial charge in [0.05, 0.1) is 11.4 Å². The largest absolute Gasteiger partial charge is 0.377 e. The fraction of sp³-hybridized carbons (Fsp3) is 0.143. The standard InChI is InChI=1S/C21H19BrN4O7S3/c1-12-18(22)20(33-23-12)24-35(28,29)17-10-11-34-19(17)21(27)26(36(30,31)32)16-9-5-6-13-14(16)7-4-8-15(13)25(2)3/h4-11,24H,1-3H3,(H,30,31,32). The summed E-state index contributed by atoms with van der Waals surface area (Å²) in [5, 5.41) is 5.94. The van der Waals surface area contributed by atoms with Crippen molar-refractivity contribution >= 4 is 81.5 Å². The van der Waals surface area contributed by atoms with Crippen LogP contribution in [0.3, 0.4) is 0 Å². The Kier molecular flexibility index (Phi) is 6.87. The number of nitrogens with zero attached hydrogens (tertiary/aromatic N) is 3. The first-order chi connectivity index (χ1) is 16.8. The number of fused-ring (bicyclic) bond motifs is 1. The number of carbonyl (C=O) groups is 1. The summed E-state index contributed by atoms with van der Waals surface area (Å²) in [7, 11) is -5.97. The summed E-state index contributed by atoms with van der Waals surface area (Å²) in [4.78, 5) is 14.4. The van der Waals surface area contributed by atoms with E-state index in [4.69, 9.17) is 4.52 Å². The maximum Gasteiger partial charge on any atom is 0.366 e. The van der Waals surface area contributed by atoms with Gasteiger partial charge in [-0.1, -0.05) is 29.4 Å². The van der Waals surface area contributed by atoms with Crippen molar-refractivity contribution in [1.82, 2.24) is 5.16 Å². The molecule has 2 aromatic carbocycles. The first kappa shape index (κ1) is 26.1. The number of carbonyl (C=O) groups excluding carboxylic acids is 1. The molecule has 11 nitrogen and oxygen atoms in total. The zero-order chi connectivity index (χ0) is 26.4. The molecule has 0 fully saturated rings. The normalized spacial score (nSPS) is 12.0. The molecule has 0 aliphatic carbocycles. The number of aryl methyl sites for hydroxylation is 1. The first-order valence-electron chi connectivity index (χ1n) is 10.1. The molecule has 36 heavy (non-hydrogen) atoms. The number of anilines is 3. The molecule has 190 valence electrons. The number of halogens is 1. The van der Waals surface area contributed by atoms with E-state index < -0.39 is 36.0 Å². The molecule has 1 amide bonds. The number of nitrogens with one attached hydrogen (secondary N) is 1. The van der Waals surface area contributed by atoms with Crippen molar-refractivity contribution in [1.29, 1.82) is 0 Å². The second-order valence-corrected chi connectivity index (χ2v) is 12.3. The van der Waals surface area contributed by atoms with Crippen LogP contribution in [-0.4, -0.2) is 46.5 Å². The van der Waals surface area contributed by atoms with Crippen molar-refractivity contribution < 1.29 is 30.7 Å². The number of rotatable bonds is 7. The minimum absolute atomic E-state index is 0.137. The number of aromatic nitrogens is 1. The van der Waals surface area contributed by atoms with Crippen LogP contribution in [0.4, 0.5) is 17.3 Å². The Balaban J connectivity index is 1.85. The summed E-state index contributed by atoms with van der Waals surface area (Å²) in [5.74, 6) is -1.46. The highest BCUT2D eigenvalue weighted by atomic mass is 79.9. The Hall–Kier alpha value is -2.98. The van der Waals surface area contributed by atoms with Crippen LogP contribution in [0.25, 0.3) is 10.8 Å². The van der Waals surface area contributed by atoms with E-state index in [0.29, 0.717) is 27.8 Å². The highest BCUT2D eigenvalue weighted by Gasteiger charge is 2.35. The van der Waals surface area contributed by atoms with E-state index in [2.05, 4.69) is 25.8 Å². The molecular weight excluding hydrogens is 596 g/mol. The topological polar surface area (TPSA) is 150 Å². The van der Waals surface area contributed by atoms with Gasteiger partial charge in [-0.05, 0) is 46.4 Å². The molecule has 0 aliphatic rings. The number of hydrogen-bond donors (Lipinski definition) is 2. The molecule has 2 heterocycles. The van der Waals surface area contributed by atoms with E-state index in [1.54, 1.807) is 39.2 Å². The van der Waals surface area contributed by atoms with Crippen LogP contribution in [0.2, 0.25) is 0 Å². The predicted octanol–water partition coefficient (Wildman–Crippen LogP) is 4.28. The Morgan fingerprint density at radius 2 is 1.67 bits per heavy atom. The van der Waals surface area contributed by atoms with Gasteiger partial charge in [0, 0.05) is 30.6 Å². The van der Waals surface area contributed by atoms with Gasteiger partial charge in [-0.3, -0.25) is 9.35 Å². The third-order valence-corrected chi connectivity index (χ3v) is 9.29. The van der Waals surface area contributed by atoms with Crippen LogP contribution in [0.1, 0.15) is 15.4 Å². The lowest BCUT2D eigenvalue weighted by Gasteiger charge is -2.22. The lowest BCUT2D eigenvalue weighted by atomic mass is 10.1. The fourth-order valence-electron chi connectivity index (χ4n) is 3.54. The summed E-state index contributed by atoms with van der Waals surface area (Å²) in [6.45, 7) is 1.58. The summed E-state index contributed by atoms with van der Waals surface area (Å²) in [6.07, 6.45) is 0. The summed E-state index contributed by atoms with van der Waals surface area (Å²) < 4.78 is 68.8. The SMILES string of the molecule is Cc1noc(NS(=O)(=O)c2ccsc2C(=O)N(c2cccc3c(N(C)C)cccc23)S(=O)(=O)O)c1Br. The smallest absolute Gasteiger partial charge is 0.366 e. The molecule has 0 aliphatic heterocycles. The molecule has 4 aromatic rings. The molecule has 0 radical (unpaired) electrons. The Morgan fingerprint density at radius 1 is 1.06 bits per heavy atom. The van der Waals surface area contributed by atoms with Gasteiger partial charge in [0.2, 0.25) is 0 Å². The number of amides is 1. The molecule has 0 unspecified atom stereocenters. The van der Waals surface area contributed by atoms with Crippen LogP contribution in [0.5, 0.6) is 0 Å². The molecular formula is C21H19BrN4O7S3. The average molecular weight is 616 g/mol. The van der Waals surface area contributed by atoms with Crippen LogP contribution in [-0.2, 0) is 20.3 Å². The molecule has 2 N–H and O–H groups in total. The quantitative estimate of drug-likeness (QED) is 0.291. The zero-order valence-electron chi connectivity index (χ0n) is 19.0. The van der Waals surface area contributed by atoms with Gasteiger partial charge < -0.3 is 9.42 Å². The maximum atomic E-state index is 13.6. The zero-order valence-corrected chi connectivity index (χ0v) is 23.0. The second-order valence-electron chi connectivity index (χ2n) is 7.72. The molecule has 15 heteroatoms. The number of thiophene rings is 1. The lowest BCUT2D eigenvalue weighted by molar-refractivity contribution is 0.100. The highest BCUT2D eigenvalue weighted by Crippen LogP contribution is 2.36. The van der Waals surface area contributed by atoms with E-state index >= 15 is 0 Å².